The molecule has 0 N–H and O–H groups in total. The average molecular weight is 499 g/mol. The number of ether oxygens (including phenoxy) is 1. The van der Waals surface area contributed by atoms with Gasteiger partial charge in [0.25, 0.3) is 0 Å². The van der Waals surface area contributed by atoms with Gasteiger partial charge in [-0.3, -0.25) is 0 Å². The number of fused-ring (bicyclic) bond motifs is 1. The molecule has 1 nitrogen and oxygen atoms in total. The molecule has 0 fully saturated rings. The summed E-state index contributed by atoms with van der Waals surface area (Å²) < 4.78 is 5.97. The molecule has 0 unspecified atom stereocenters. The van der Waals surface area contributed by atoms with Gasteiger partial charge in [0, 0.05) is 0 Å². The summed E-state index contributed by atoms with van der Waals surface area (Å²) >= 11 is 0. The second-order valence-corrected chi connectivity index (χ2v) is 14.4. The van der Waals surface area contributed by atoms with E-state index in [2.05, 4.69) is 136 Å². The molecule has 3 heteroatoms. The first-order valence-electron chi connectivity index (χ1n) is 11.8. The van der Waals surface area contributed by atoms with Crippen molar-refractivity contribution in [2.75, 3.05) is 13.8 Å². The third kappa shape index (κ3) is 3.49. The first kappa shape index (κ1) is 25.0. The predicted octanol–water partition coefficient (Wildman–Crippen LogP) is 6.67. The zero-order valence-electron chi connectivity index (χ0n) is 20.7. The second kappa shape index (κ2) is 9.50. The van der Waals surface area contributed by atoms with Gasteiger partial charge in [-0.2, -0.15) is 0 Å². The molecule has 0 aromatic heterocycles. The van der Waals surface area contributed by atoms with Gasteiger partial charge in [-0.1, -0.05) is 0 Å². The zero-order valence-corrected chi connectivity index (χ0v) is 22.4. The van der Waals surface area contributed by atoms with Crippen LogP contribution in [0.2, 0.25) is 0 Å². The normalized spacial score (nSPS) is 12.4. The van der Waals surface area contributed by atoms with Crippen LogP contribution in [0.3, 0.4) is 0 Å². The average Bonchev–Trinajstić information content (AvgIpc) is 2.91. The Labute approximate surface area is 215 Å². The van der Waals surface area contributed by atoms with Crippen molar-refractivity contribution in [3.8, 4) is 5.75 Å². The molecule has 0 aliphatic heterocycles. The van der Waals surface area contributed by atoms with Gasteiger partial charge in [-0.05, 0) is 0 Å². The van der Waals surface area contributed by atoms with Crippen LogP contribution in [0.1, 0.15) is 11.1 Å². The summed E-state index contributed by atoms with van der Waals surface area (Å²) in [6.07, 6.45) is 0. The van der Waals surface area contributed by atoms with Gasteiger partial charge in [0.2, 0.25) is 0 Å². The fourth-order valence-electron chi connectivity index (χ4n) is 5.86. The van der Waals surface area contributed by atoms with Crippen molar-refractivity contribution in [2.45, 2.75) is 13.8 Å². The molecule has 0 heterocycles. The Balaban J connectivity index is 0.00000289. The van der Waals surface area contributed by atoms with Gasteiger partial charge in [-0.25, -0.2) is 0 Å². The van der Waals surface area contributed by atoms with E-state index in [-0.39, 0.29) is 12.4 Å². The molecule has 5 rings (SSSR count). The maximum absolute atomic E-state index is 5.97. The van der Waals surface area contributed by atoms with Crippen LogP contribution in [-0.4, -0.2) is 13.8 Å². The van der Waals surface area contributed by atoms with Crippen molar-refractivity contribution in [2.24, 2.45) is 0 Å². The standard InChI is InChI=1S/C32H31OP.ClH/c1-24-25(2)32(30-23-15-14-22-29(30)31(24)33-3)34(4,26-16-8-5-9-17-26,27-18-10-6-11-19-27)28-20-12-7-13-21-28;/h5-23H,1-4H3;1H. The van der Waals surface area contributed by atoms with Gasteiger partial charge in [0.05, 0.1) is 0 Å². The van der Waals surface area contributed by atoms with E-state index in [9.17, 15) is 0 Å². The summed E-state index contributed by atoms with van der Waals surface area (Å²) in [5, 5.41) is 7.94. The van der Waals surface area contributed by atoms with Crippen LogP contribution in [0.4, 0.5) is 0 Å². The Morgan fingerprint density at radius 1 is 0.514 bits per heavy atom. The molecule has 0 saturated carbocycles. The van der Waals surface area contributed by atoms with E-state index >= 15 is 0 Å². The molecule has 0 atom stereocenters. The molecule has 178 valence electrons. The summed E-state index contributed by atoms with van der Waals surface area (Å²) in [6, 6.07) is 42.1. The summed E-state index contributed by atoms with van der Waals surface area (Å²) in [4.78, 5) is 0. The molecule has 0 radical (unpaired) electrons. The van der Waals surface area contributed by atoms with E-state index in [0.29, 0.717) is 0 Å². The van der Waals surface area contributed by atoms with Gasteiger partial charge >= 0.3 is 203 Å². The molecule has 5 aromatic carbocycles. The molecule has 0 aliphatic rings. The molecular formula is C32H32ClOP. The number of rotatable bonds is 5. The molecule has 5 aromatic rings. The Morgan fingerprint density at radius 3 is 1.29 bits per heavy atom. The van der Waals surface area contributed by atoms with Crippen LogP contribution >= 0.6 is 19.0 Å². The van der Waals surface area contributed by atoms with Crippen LogP contribution in [0.25, 0.3) is 10.8 Å². The van der Waals surface area contributed by atoms with Crippen LogP contribution in [0.5, 0.6) is 5.75 Å². The van der Waals surface area contributed by atoms with E-state index in [1.54, 1.807) is 7.11 Å². The topological polar surface area (TPSA) is 9.23 Å². The van der Waals surface area contributed by atoms with Crippen LogP contribution < -0.4 is 26.0 Å². The van der Waals surface area contributed by atoms with E-state index in [1.165, 1.54) is 43.1 Å². The van der Waals surface area contributed by atoms with Crippen molar-refractivity contribution < 1.29 is 4.74 Å². The van der Waals surface area contributed by atoms with E-state index in [4.69, 9.17) is 4.74 Å². The van der Waals surface area contributed by atoms with Crippen molar-refractivity contribution >= 4 is 51.0 Å². The summed E-state index contributed by atoms with van der Waals surface area (Å²) in [7, 11) is 1.78. The maximum Gasteiger partial charge on any atom is -0.147 e. The predicted molar refractivity (Wildman–Crippen MR) is 158 cm³/mol. The van der Waals surface area contributed by atoms with Gasteiger partial charge in [-0.15, -0.1) is 12.4 Å². The van der Waals surface area contributed by atoms with Crippen LogP contribution in [0.15, 0.2) is 115 Å². The molecule has 0 saturated heterocycles. The smallest absolute Gasteiger partial charge is 0.147 e. The Bertz CT molecular complexity index is 1360. The number of hydrogen-bond donors (Lipinski definition) is 0. The first-order chi connectivity index (χ1) is 16.5. The fraction of sp³-hybridized carbons (Fsp3) is 0.125. The van der Waals surface area contributed by atoms with Gasteiger partial charge in [0.15, 0.2) is 0 Å². The summed E-state index contributed by atoms with van der Waals surface area (Å²) in [5.41, 5.74) is 2.50. The van der Waals surface area contributed by atoms with Crippen molar-refractivity contribution in [1.82, 2.24) is 0 Å². The molecule has 35 heavy (non-hydrogen) atoms. The van der Waals surface area contributed by atoms with Gasteiger partial charge < -0.3 is 0 Å². The number of halogens is 1. The number of methoxy groups -OCH3 is 1. The minimum Gasteiger partial charge on any atom is -0.147 e. The second-order valence-electron chi connectivity index (χ2n) is 9.25. The fourth-order valence-corrected chi connectivity index (χ4v) is 12.1. The van der Waals surface area contributed by atoms with E-state index in [1.807, 2.05) is 0 Å². The Hall–Kier alpha value is -3.12. The van der Waals surface area contributed by atoms with E-state index < -0.39 is 6.60 Å². The van der Waals surface area contributed by atoms with Gasteiger partial charge in [0.1, 0.15) is 0 Å². The van der Waals surface area contributed by atoms with Crippen LogP contribution in [0, 0.1) is 13.8 Å². The SMILES string of the molecule is COc1c(C)c(C)c(P(C)(c2ccccc2)(c2ccccc2)c2ccccc2)c2ccccc12.Cl. The van der Waals surface area contributed by atoms with Crippen molar-refractivity contribution in [1.29, 1.82) is 0 Å². The molecule has 0 bridgehead atoms. The monoisotopic (exact) mass is 498 g/mol. The zero-order chi connectivity index (χ0) is 23.8. The quantitative estimate of drug-likeness (QED) is 0.246. The third-order valence-corrected chi connectivity index (χ3v) is 14.1. The molecule has 0 amide bonds. The largest absolute Gasteiger partial charge is 0.147 e. The number of benzene rings is 5. The van der Waals surface area contributed by atoms with Crippen molar-refractivity contribution in [3.63, 3.8) is 0 Å². The summed E-state index contributed by atoms with van der Waals surface area (Å²) in [5.74, 6) is 0.969. The maximum atomic E-state index is 5.97. The minimum atomic E-state index is -3.16. The Morgan fingerprint density at radius 2 is 0.886 bits per heavy atom. The minimum absolute atomic E-state index is 0. The Kier molecular flexibility index (Phi) is 6.78. The summed E-state index contributed by atoms with van der Waals surface area (Å²) in [6.45, 7) is 3.85. The first-order valence-corrected chi connectivity index (χ1v) is 14.4. The third-order valence-electron chi connectivity index (χ3n) is 7.65. The molecule has 0 spiro atoms. The molecular weight excluding hydrogens is 467 g/mol. The molecule has 0 aliphatic carbocycles. The van der Waals surface area contributed by atoms with Crippen LogP contribution in [-0.2, 0) is 0 Å². The van der Waals surface area contributed by atoms with E-state index in [0.717, 1.165) is 5.75 Å². The van der Waals surface area contributed by atoms with Crippen molar-refractivity contribution in [3.05, 3.63) is 126 Å². The number of hydrogen-bond acceptors (Lipinski definition) is 1.